The first-order chi connectivity index (χ1) is 10.7. The van der Waals surface area contributed by atoms with Crippen LogP contribution < -0.4 is 9.54 Å². The summed E-state index contributed by atoms with van der Waals surface area (Å²) >= 11 is 1.57. The fourth-order valence-corrected chi connectivity index (χ4v) is 3.06. The summed E-state index contributed by atoms with van der Waals surface area (Å²) in [5, 5.41) is 18.1. The molecule has 1 aromatic heterocycles. The number of phenolic OH excluding ortho intramolecular Hbond substituents is 1. The van der Waals surface area contributed by atoms with E-state index >= 15 is 0 Å². The molecular weight excluding hydrogens is 298 g/mol. The van der Waals surface area contributed by atoms with E-state index in [0.29, 0.717) is 11.3 Å². The molecule has 0 bridgehead atoms. The first-order valence-corrected chi connectivity index (χ1v) is 7.49. The number of ether oxygens (including phenoxy) is 1. The predicted octanol–water partition coefficient (Wildman–Crippen LogP) is 2.89. The van der Waals surface area contributed by atoms with Gasteiger partial charge in [0.1, 0.15) is 11.5 Å². The Bertz CT molecular complexity index is 909. The van der Waals surface area contributed by atoms with E-state index in [4.69, 9.17) is 4.74 Å². The van der Waals surface area contributed by atoms with Crippen molar-refractivity contribution in [3.8, 4) is 11.5 Å². The number of aromatic hydroxyl groups is 1. The highest BCUT2D eigenvalue weighted by Crippen LogP contribution is 2.21. The molecule has 22 heavy (non-hydrogen) atoms. The van der Waals surface area contributed by atoms with Crippen LogP contribution in [0.25, 0.3) is 10.2 Å². The summed E-state index contributed by atoms with van der Waals surface area (Å²) in [6.07, 6.45) is 1.52. The zero-order valence-electron chi connectivity index (χ0n) is 12.2. The Balaban J connectivity index is 1.97. The van der Waals surface area contributed by atoms with Gasteiger partial charge >= 0.3 is 0 Å². The van der Waals surface area contributed by atoms with Gasteiger partial charge in [0.2, 0.25) is 4.80 Å². The second-order valence-corrected chi connectivity index (χ2v) is 5.69. The van der Waals surface area contributed by atoms with Crippen LogP contribution in [0.1, 0.15) is 5.56 Å². The molecule has 0 spiro atoms. The van der Waals surface area contributed by atoms with Crippen LogP contribution in [0.4, 0.5) is 0 Å². The second-order valence-electron chi connectivity index (χ2n) is 4.68. The summed E-state index contributed by atoms with van der Waals surface area (Å²) in [7, 11) is 3.53. The third-order valence-electron chi connectivity index (χ3n) is 3.29. The third-order valence-corrected chi connectivity index (χ3v) is 4.39. The molecule has 0 saturated carbocycles. The van der Waals surface area contributed by atoms with Crippen molar-refractivity contribution < 1.29 is 9.84 Å². The maximum Gasteiger partial charge on any atom is 0.211 e. The lowest BCUT2D eigenvalue weighted by Crippen LogP contribution is -2.08. The molecule has 0 radical (unpaired) electrons. The van der Waals surface area contributed by atoms with Crippen molar-refractivity contribution in [1.29, 1.82) is 0 Å². The minimum Gasteiger partial charge on any atom is -0.507 e. The molecule has 0 aliphatic heterocycles. The highest BCUT2D eigenvalue weighted by molar-refractivity contribution is 7.16. The summed E-state index contributed by atoms with van der Waals surface area (Å²) in [6.45, 7) is 0. The van der Waals surface area contributed by atoms with Crippen LogP contribution in [0.5, 0.6) is 11.5 Å². The van der Waals surface area contributed by atoms with Crippen LogP contribution >= 0.6 is 11.3 Å². The molecule has 0 fully saturated rings. The van der Waals surface area contributed by atoms with Gasteiger partial charge in [-0.1, -0.05) is 23.5 Å². The van der Waals surface area contributed by atoms with Gasteiger partial charge in [0, 0.05) is 12.6 Å². The van der Waals surface area contributed by atoms with Gasteiger partial charge in [0.25, 0.3) is 0 Å². The number of nitrogens with zero attached hydrogens (tertiary/aromatic N) is 3. The molecule has 112 valence electrons. The van der Waals surface area contributed by atoms with Crippen molar-refractivity contribution in [2.75, 3.05) is 7.11 Å². The minimum atomic E-state index is 0.139. The number of fused-ring (bicyclic) bond motifs is 1. The Morgan fingerprint density at radius 3 is 2.82 bits per heavy atom. The van der Waals surface area contributed by atoms with Crippen LogP contribution in [-0.4, -0.2) is 23.0 Å². The quantitative estimate of drug-likeness (QED) is 0.597. The Morgan fingerprint density at radius 2 is 2.05 bits per heavy atom. The van der Waals surface area contributed by atoms with E-state index in [1.54, 1.807) is 36.6 Å². The highest BCUT2D eigenvalue weighted by Gasteiger charge is 2.02. The average molecular weight is 313 g/mol. The molecule has 6 heteroatoms. The summed E-state index contributed by atoms with van der Waals surface area (Å²) in [6, 6.07) is 13.1. The van der Waals surface area contributed by atoms with Crippen molar-refractivity contribution in [2.24, 2.45) is 17.3 Å². The zero-order valence-corrected chi connectivity index (χ0v) is 13.0. The molecule has 0 atom stereocenters. The summed E-state index contributed by atoms with van der Waals surface area (Å²) in [4.78, 5) is 0.792. The molecule has 0 aliphatic carbocycles. The number of hydrogen-bond acceptors (Lipinski definition) is 5. The molecule has 3 aromatic rings. The van der Waals surface area contributed by atoms with Crippen LogP contribution in [0.3, 0.4) is 0 Å². The molecule has 3 rings (SSSR count). The Labute approximate surface area is 131 Å². The summed E-state index contributed by atoms with van der Waals surface area (Å²) in [5.74, 6) is 0.798. The monoisotopic (exact) mass is 313 g/mol. The molecule has 0 saturated heterocycles. The fourth-order valence-electron chi connectivity index (χ4n) is 2.08. The standard InChI is InChI=1S/C16H15N3O2S/c1-19-13-5-3-4-6-15(13)22-16(19)18-17-10-11-9-12(21-2)7-8-14(11)20/h3-10,20H,1-2H3/b17-10+,18-16-. The lowest BCUT2D eigenvalue weighted by atomic mass is 10.2. The number of thiazole rings is 1. The summed E-state index contributed by atoms with van der Waals surface area (Å²) < 4.78 is 8.27. The molecule has 0 unspecified atom stereocenters. The Hall–Kier alpha value is -2.60. The van der Waals surface area contributed by atoms with Crippen molar-refractivity contribution in [3.05, 3.63) is 52.8 Å². The smallest absolute Gasteiger partial charge is 0.211 e. The number of benzene rings is 2. The van der Waals surface area contributed by atoms with E-state index in [9.17, 15) is 5.11 Å². The van der Waals surface area contributed by atoms with Crippen LogP contribution in [0.2, 0.25) is 0 Å². The molecule has 0 aliphatic rings. The van der Waals surface area contributed by atoms with Gasteiger partial charge in [-0.15, -0.1) is 5.10 Å². The number of rotatable bonds is 3. The fraction of sp³-hybridized carbons (Fsp3) is 0.125. The molecule has 1 heterocycles. The van der Waals surface area contributed by atoms with Crippen molar-refractivity contribution in [1.82, 2.24) is 4.57 Å². The van der Waals surface area contributed by atoms with E-state index in [1.165, 1.54) is 6.21 Å². The predicted molar refractivity (Wildman–Crippen MR) is 88.6 cm³/mol. The maximum absolute atomic E-state index is 9.81. The molecular formula is C16H15N3O2S. The number of phenols is 1. The van der Waals surface area contributed by atoms with E-state index in [1.807, 2.05) is 29.8 Å². The van der Waals surface area contributed by atoms with Gasteiger partial charge in [-0.05, 0) is 30.3 Å². The zero-order chi connectivity index (χ0) is 15.5. The van der Waals surface area contributed by atoms with E-state index in [-0.39, 0.29) is 5.75 Å². The molecule has 1 N–H and O–H groups in total. The van der Waals surface area contributed by atoms with Crippen LogP contribution in [-0.2, 0) is 7.05 Å². The lowest BCUT2D eigenvalue weighted by molar-refractivity contribution is 0.412. The lowest BCUT2D eigenvalue weighted by Gasteiger charge is -2.01. The number of aryl methyl sites for hydroxylation is 1. The number of methoxy groups -OCH3 is 1. The van der Waals surface area contributed by atoms with Gasteiger partial charge in [-0.25, -0.2) is 0 Å². The maximum atomic E-state index is 9.81. The number of hydrogen-bond donors (Lipinski definition) is 1. The van der Waals surface area contributed by atoms with Gasteiger partial charge in [0.15, 0.2) is 0 Å². The first kappa shape index (κ1) is 14.3. The van der Waals surface area contributed by atoms with E-state index < -0.39 is 0 Å². The minimum absolute atomic E-state index is 0.139. The van der Waals surface area contributed by atoms with Gasteiger partial charge in [-0.3, -0.25) is 0 Å². The van der Waals surface area contributed by atoms with Crippen molar-refractivity contribution in [3.63, 3.8) is 0 Å². The number of aromatic nitrogens is 1. The first-order valence-electron chi connectivity index (χ1n) is 6.67. The van der Waals surface area contributed by atoms with Crippen LogP contribution in [0, 0.1) is 0 Å². The second kappa shape index (κ2) is 6.03. The number of para-hydroxylation sites is 1. The van der Waals surface area contributed by atoms with Gasteiger partial charge < -0.3 is 14.4 Å². The van der Waals surface area contributed by atoms with E-state index in [2.05, 4.69) is 16.3 Å². The molecule has 5 nitrogen and oxygen atoms in total. The van der Waals surface area contributed by atoms with Gasteiger partial charge in [0.05, 0.1) is 23.5 Å². The average Bonchev–Trinajstić information content (AvgIpc) is 2.86. The van der Waals surface area contributed by atoms with Gasteiger partial charge in [-0.2, -0.15) is 5.10 Å². The topological polar surface area (TPSA) is 59.1 Å². The van der Waals surface area contributed by atoms with Crippen molar-refractivity contribution in [2.45, 2.75) is 0 Å². The highest BCUT2D eigenvalue weighted by atomic mass is 32.1. The van der Waals surface area contributed by atoms with E-state index in [0.717, 1.165) is 15.0 Å². The van der Waals surface area contributed by atoms with Crippen molar-refractivity contribution >= 4 is 27.8 Å². The Kier molecular flexibility index (Phi) is 3.93. The SMILES string of the molecule is COc1ccc(O)c(/C=N/N=c2\sc3ccccc3n2C)c1. The summed E-state index contributed by atoms with van der Waals surface area (Å²) in [5.41, 5.74) is 1.68. The normalized spacial score (nSPS) is 12.4. The van der Waals surface area contributed by atoms with Crippen LogP contribution in [0.15, 0.2) is 52.7 Å². The Morgan fingerprint density at radius 1 is 1.23 bits per heavy atom. The molecule has 0 amide bonds. The third kappa shape index (κ3) is 2.73. The molecule has 2 aromatic carbocycles. The largest absolute Gasteiger partial charge is 0.507 e.